The van der Waals surface area contributed by atoms with Gasteiger partial charge in [-0.3, -0.25) is 0 Å². The second-order valence-electron chi connectivity index (χ2n) is 10.8. The quantitative estimate of drug-likeness (QED) is 0.139. The number of hydrogen-bond acceptors (Lipinski definition) is 6. The van der Waals surface area contributed by atoms with Gasteiger partial charge in [0.25, 0.3) is 0 Å². The summed E-state index contributed by atoms with van der Waals surface area (Å²) in [5, 5.41) is 41.5. The minimum atomic E-state index is -1.20. The van der Waals surface area contributed by atoms with Crippen molar-refractivity contribution in [2.75, 3.05) is 0 Å². The molecule has 0 aromatic heterocycles. The van der Waals surface area contributed by atoms with Crippen LogP contribution in [0.25, 0.3) is 0 Å². The molecule has 0 atom stereocenters. The second-order valence-corrected chi connectivity index (χ2v) is 10.8. The Bertz CT molecular complexity index is 966. The number of aryl methyl sites for hydroxylation is 2. The molecule has 0 amide bonds. The first-order valence-corrected chi connectivity index (χ1v) is 15.2. The predicted molar refractivity (Wildman–Crippen MR) is 163 cm³/mol. The van der Waals surface area contributed by atoms with Crippen LogP contribution in [0.4, 0.5) is 0 Å². The van der Waals surface area contributed by atoms with E-state index >= 15 is 0 Å². The molecule has 224 valence electrons. The fraction of sp³-hybridized carbons (Fsp3) is 0.588. The number of benzene rings is 2. The number of phenolic OH excluding ortho intramolecular Hbond substituents is 2. The molecule has 0 saturated carbocycles. The number of carboxylic acids is 2. The molecule has 0 spiro atoms. The van der Waals surface area contributed by atoms with Crippen molar-refractivity contribution < 1.29 is 30.0 Å². The van der Waals surface area contributed by atoms with Crippen molar-refractivity contribution in [2.24, 2.45) is 0 Å². The van der Waals surface area contributed by atoms with Gasteiger partial charge in [0, 0.05) is 22.3 Å². The number of carbonyl (C=O) groups is 2. The summed E-state index contributed by atoms with van der Waals surface area (Å²) in [5.74, 6) is -2.35. The van der Waals surface area contributed by atoms with Gasteiger partial charge in [0.2, 0.25) is 0 Å². The molecular formula is C34H50BaO6. The van der Waals surface area contributed by atoms with Crippen LogP contribution in [0.2, 0.25) is 0 Å². The summed E-state index contributed by atoms with van der Waals surface area (Å²) in [6.45, 7) is 7.65. The Morgan fingerprint density at radius 1 is 0.561 bits per heavy atom. The average Bonchev–Trinajstić information content (AvgIpc) is 2.91. The van der Waals surface area contributed by atoms with E-state index < -0.39 is 11.9 Å². The van der Waals surface area contributed by atoms with Crippen molar-refractivity contribution in [3.8, 4) is 11.5 Å². The number of aromatic carboxylic acids is 2. The minimum Gasteiger partial charge on any atom is -0.545 e. The summed E-state index contributed by atoms with van der Waals surface area (Å²) in [6, 6.07) is 6.53. The van der Waals surface area contributed by atoms with Crippen molar-refractivity contribution in [1.82, 2.24) is 0 Å². The maximum atomic E-state index is 11.2. The Morgan fingerprint density at radius 2 is 0.854 bits per heavy atom. The molecule has 0 aliphatic rings. The Morgan fingerprint density at radius 3 is 1.15 bits per heavy atom. The van der Waals surface area contributed by atoms with Crippen LogP contribution in [-0.4, -0.2) is 71.0 Å². The molecule has 0 bridgehead atoms. The zero-order valence-electron chi connectivity index (χ0n) is 25.9. The zero-order chi connectivity index (χ0) is 29.9. The van der Waals surface area contributed by atoms with Gasteiger partial charge in [-0.25, -0.2) is 0 Å². The molecule has 0 aliphatic carbocycles. The van der Waals surface area contributed by atoms with Gasteiger partial charge in [0.05, 0.1) is 11.9 Å². The summed E-state index contributed by atoms with van der Waals surface area (Å²) >= 11 is 0. The van der Waals surface area contributed by atoms with Gasteiger partial charge in [-0.2, -0.15) is 0 Å². The maximum Gasteiger partial charge on any atom is 2.00 e. The fourth-order valence-electron chi connectivity index (χ4n) is 5.04. The number of rotatable bonds is 18. The number of phenols is 2. The molecule has 0 unspecified atom stereocenters. The molecule has 6 nitrogen and oxygen atoms in total. The van der Waals surface area contributed by atoms with Crippen LogP contribution >= 0.6 is 0 Å². The topological polar surface area (TPSA) is 121 Å². The molecule has 2 aromatic carbocycles. The van der Waals surface area contributed by atoms with Crippen molar-refractivity contribution in [3.05, 3.63) is 57.6 Å². The van der Waals surface area contributed by atoms with Crippen LogP contribution in [0.3, 0.4) is 0 Å². The first kappa shape index (κ1) is 39.6. The maximum absolute atomic E-state index is 11.2. The van der Waals surface area contributed by atoms with Gasteiger partial charge in [-0.1, -0.05) is 103 Å². The fourth-order valence-corrected chi connectivity index (χ4v) is 5.04. The Balaban J connectivity index is 0.000000762. The molecular weight excluding hydrogens is 642 g/mol. The molecule has 2 rings (SSSR count). The van der Waals surface area contributed by atoms with E-state index in [0.717, 1.165) is 49.7 Å². The molecule has 0 radical (unpaired) electrons. The van der Waals surface area contributed by atoms with Gasteiger partial charge in [0.15, 0.2) is 0 Å². The first-order chi connectivity index (χ1) is 19.1. The average molecular weight is 692 g/mol. The SMILES string of the molecule is CCCCCCCCCc1ccc(O)c(C)c1C(=O)[O-].CCCCCCCCCc1ccc(O)c(C)c1C(=O)[O-].[Ba+2]. The predicted octanol–water partition coefficient (Wildman–Crippen LogP) is 6.33. The number of carboxylic acid groups (broad SMARTS) is 2. The minimum absolute atomic E-state index is 0. The van der Waals surface area contributed by atoms with Crippen LogP contribution < -0.4 is 10.2 Å². The number of carbonyl (C=O) groups excluding carboxylic acids is 2. The Labute approximate surface area is 288 Å². The molecule has 0 fully saturated rings. The van der Waals surface area contributed by atoms with Crippen molar-refractivity contribution in [3.63, 3.8) is 0 Å². The van der Waals surface area contributed by atoms with E-state index in [1.165, 1.54) is 64.2 Å². The van der Waals surface area contributed by atoms with E-state index in [1.54, 1.807) is 38.1 Å². The number of aromatic hydroxyl groups is 2. The molecule has 0 aliphatic heterocycles. The molecule has 7 heteroatoms. The molecule has 2 N–H and O–H groups in total. The molecule has 0 saturated heterocycles. The van der Waals surface area contributed by atoms with E-state index in [2.05, 4.69) is 13.8 Å². The van der Waals surface area contributed by atoms with Crippen molar-refractivity contribution >= 4 is 60.8 Å². The van der Waals surface area contributed by atoms with Crippen LogP contribution in [0.1, 0.15) is 147 Å². The van der Waals surface area contributed by atoms with E-state index in [0.29, 0.717) is 11.1 Å². The largest absolute Gasteiger partial charge is 2.00 e. The third kappa shape index (κ3) is 15.0. The standard InChI is InChI=1S/2C17H26O3.Ba/c2*1-3-4-5-6-7-8-9-10-14-11-12-15(18)13(2)16(14)17(19)20;/h2*11-12,18H,3-10H2,1-2H3,(H,19,20);/q;;+2/p-2. The molecule has 2 aromatic rings. The first-order valence-electron chi connectivity index (χ1n) is 15.2. The normalized spacial score (nSPS) is 10.4. The van der Waals surface area contributed by atoms with E-state index in [4.69, 9.17) is 0 Å². The van der Waals surface area contributed by atoms with E-state index in [9.17, 15) is 30.0 Å². The van der Waals surface area contributed by atoms with Crippen molar-refractivity contribution in [2.45, 2.75) is 130 Å². The third-order valence-electron chi connectivity index (χ3n) is 7.55. The molecule has 0 heterocycles. The van der Waals surface area contributed by atoms with Gasteiger partial charge in [0.1, 0.15) is 11.5 Å². The van der Waals surface area contributed by atoms with Crippen molar-refractivity contribution in [1.29, 1.82) is 0 Å². The van der Waals surface area contributed by atoms with Gasteiger partial charge < -0.3 is 30.0 Å². The summed E-state index contributed by atoms with van der Waals surface area (Å²) in [7, 11) is 0. The van der Waals surface area contributed by atoms with Crippen LogP contribution in [-0.2, 0) is 12.8 Å². The number of unbranched alkanes of at least 4 members (excludes halogenated alkanes) is 12. The van der Waals surface area contributed by atoms with E-state index in [-0.39, 0.29) is 71.5 Å². The van der Waals surface area contributed by atoms with Crippen LogP contribution in [0, 0.1) is 13.8 Å². The smallest absolute Gasteiger partial charge is 0.545 e. The summed E-state index contributed by atoms with van der Waals surface area (Å²) in [6.07, 6.45) is 18.3. The second kappa shape index (κ2) is 23.1. The third-order valence-corrected chi connectivity index (χ3v) is 7.55. The van der Waals surface area contributed by atoms with Crippen LogP contribution in [0.15, 0.2) is 24.3 Å². The van der Waals surface area contributed by atoms with Gasteiger partial charge >= 0.3 is 48.9 Å². The summed E-state index contributed by atoms with van der Waals surface area (Å²) < 4.78 is 0. The van der Waals surface area contributed by atoms with Gasteiger partial charge in [-0.15, -0.1) is 0 Å². The number of hydrogen-bond donors (Lipinski definition) is 2. The monoisotopic (exact) mass is 692 g/mol. The molecule has 41 heavy (non-hydrogen) atoms. The Hall–Kier alpha value is -1.45. The summed E-state index contributed by atoms with van der Waals surface area (Å²) in [4.78, 5) is 22.4. The van der Waals surface area contributed by atoms with E-state index in [1.807, 2.05) is 0 Å². The summed E-state index contributed by atoms with van der Waals surface area (Å²) in [5.41, 5.74) is 2.69. The van der Waals surface area contributed by atoms with Crippen LogP contribution in [0.5, 0.6) is 11.5 Å². The van der Waals surface area contributed by atoms with Gasteiger partial charge in [-0.05, 0) is 62.8 Å². The zero-order valence-corrected chi connectivity index (χ0v) is 30.3. The Kier molecular flexibility index (Phi) is 22.2.